The summed E-state index contributed by atoms with van der Waals surface area (Å²) in [5, 5.41) is 16.5. The third kappa shape index (κ3) is 1.43. The van der Waals surface area contributed by atoms with Crippen molar-refractivity contribution in [2.24, 2.45) is 5.73 Å². The SMILES string of the molecule is N=C(N)c1cccc(Cl)c1O. The third-order valence-corrected chi connectivity index (χ3v) is 1.58. The normalized spacial score (nSPS) is 9.55. The lowest BCUT2D eigenvalue weighted by molar-refractivity contribution is 0.474. The van der Waals surface area contributed by atoms with E-state index in [0.29, 0.717) is 0 Å². The Bertz CT molecular complexity index is 298. The van der Waals surface area contributed by atoms with E-state index in [4.69, 9.17) is 22.7 Å². The van der Waals surface area contributed by atoms with Gasteiger partial charge in [0, 0.05) is 0 Å². The number of nitrogens with one attached hydrogen (secondary N) is 1. The Morgan fingerprint density at radius 1 is 1.55 bits per heavy atom. The van der Waals surface area contributed by atoms with Gasteiger partial charge < -0.3 is 10.8 Å². The molecule has 4 N–H and O–H groups in total. The Hall–Kier alpha value is -1.22. The Kier molecular flexibility index (Phi) is 2.01. The molecule has 1 rings (SSSR count). The van der Waals surface area contributed by atoms with Crippen LogP contribution in [0.1, 0.15) is 5.56 Å². The number of rotatable bonds is 1. The van der Waals surface area contributed by atoms with Gasteiger partial charge in [-0.05, 0) is 12.1 Å². The quantitative estimate of drug-likeness (QED) is 0.440. The minimum Gasteiger partial charge on any atom is -0.506 e. The summed E-state index contributed by atoms with van der Waals surface area (Å²) in [7, 11) is 0. The van der Waals surface area contributed by atoms with E-state index in [9.17, 15) is 5.11 Å². The molecule has 0 unspecified atom stereocenters. The van der Waals surface area contributed by atoms with Crippen molar-refractivity contribution in [1.82, 2.24) is 0 Å². The van der Waals surface area contributed by atoms with Crippen molar-refractivity contribution in [3.05, 3.63) is 28.8 Å². The molecule has 0 bridgehead atoms. The summed E-state index contributed by atoms with van der Waals surface area (Å²) in [6.45, 7) is 0. The highest BCUT2D eigenvalue weighted by molar-refractivity contribution is 6.32. The molecule has 1 aromatic rings. The zero-order valence-electron chi connectivity index (χ0n) is 5.63. The van der Waals surface area contributed by atoms with Crippen molar-refractivity contribution in [2.45, 2.75) is 0 Å². The first-order valence-electron chi connectivity index (χ1n) is 2.95. The average Bonchev–Trinajstić information content (AvgIpc) is 1.94. The summed E-state index contributed by atoms with van der Waals surface area (Å²) in [6, 6.07) is 4.69. The van der Waals surface area contributed by atoms with Crippen molar-refractivity contribution >= 4 is 17.4 Å². The van der Waals surface area contributed by atoms with Crippen LogP contribution in [-0.2, 0) is 0 Å². The van der Waals surface area contributed by atoms with Gasteiger partial charge in [0.15, 0.2) is 0 Å². The van der Waals surface area contributed by atoms with Crippen LogP contribution in [0, 0.1) is 5.41 Å². The number of aromatic hydroxyl groups is 1. The van der Waals surface area contributed by atoms with E-state index in [1.54, 1.807) is 6.07 Å². The zero-order valence-corrected chi connectivity index (χ0v) is 6.39. The summed E-state index contributed by atoms with van der Waals surface area (Å²) in [4.78, 5) is 0. The predicted octanol–water partition coefficient (Wildman–Crippen LogP) is 1.33. The molecule has 0 aromatic heterocycles. The van der Waals surface area contributed by atoms with Gasteiger partial charge in [0.25, 0.3) is 0 Å². The van der Waals surface area contributed by atoms with Gasteiger partial charge in [-0.2, -0.15) is 0 Å². The van der Waals surface area contributed by atoms with Gasteiger partial charge in [-0.3, -0.25) is 5.41 Å². The highest BCUT2D eigenvalue weighted by Gasteiger charge is 2.05. The molecule has 0 atom stereocenters. The smallest absolute Gasteiger partial charge is 0.145 e. The van der Waals surface area contributed by atoms with E-state index in [2.05, 4.69) is 0 Å². The molecule has 0 aliphatic rings. The van der Waals surface area contributed by atoms with Crippen LogP contribution >= 0.6 is 11.6 Å². The summed E-state index contributed by atoms with van der Waals surface area (Å²) >= 11 is 5.56. The fourth-order valence-corrected chi connectivity index (χ4v) is 0.907. The molecule has 0 saturated carbocycles. The van der Waals surface area contributed by atoms with Gasteiger partial charge in [0.2, 0.25) is 0 Å². The van der Waals surface area contributed by atoms with Crippen molar-refractivity contribution in [2.75, 3.05) is 0 Å². The first-order chi connectivity index (χ1) is 5.13. The molecule has 58 valence electrons. The van der Waals surface area contributed by atoms with Crippen LogP contribution < -0.4 is 5.73 Å². The lowest BCUT2D eigenvalue weighted by Gasteiger charge is -2.02. The fourth-order valence-electron chi connectivity index (χ4n) is 0.733. The Morgan fingerprint density at radius 3 is 2.64 bits per heavy atom. The Morgan fingerprint density at radius 2 is 2.18 bits per heavy atom. The number of hydrogen-bond acceptors (Lipinski definition) is 2. The van der Waals surface area contributed by atoms with Crippen LogP contribution in [0.15, 0.2) is 18.2 Å². The molecule has 0 aliphatic carbocycles. The topological polar surface area (TPSA) is 70.1 Å². The Balaban J connectivity index is 3.27. The second kappa shape index (κ2) is 2.80. The number of benzene rings is 1. The number of para-hydroxylation sites is 1. The van der Waals surface area contributed by atoms with Crippen molar-refractivity contribution in [1.29, 1.82) is 5.41 Å². The van der Waals surface area contributed by atoms with Gasteiger partial charge in [-0.1, -0.05) is 17.7 Å². The number of amidine groups is 1. The minimum absolute atomic E-state index is 0.137. The van der Waals surface area contributed by atoms with Crippen LogP contribution in [0.25, 0.3) is 0 Å². The first-order valence-corrected chi connectivity index (χ1v) is 3.32. The lowest BCUT2D eigenvalue weighted by Crippen LogP contribution is -2.10. The molecular formula is C7H7ClN2O. The number of halogens is 1. The maximum atomic E-state index is 9.22. The number of nitrogen functional groups attached to an aromatic ring is 1. The molecule has 3 nitrogen and oxygen atoms in total. The molecule has 4 heteroatoms. The molecular weight excluding hydrogens is 164 g/mol. The number of phenols is 1. The van der Waals surface area contributed by atoms with E-state index in [-0.39, 0.29) is 22.2 Å². The van der Waals surface area contributed by atoms with Gasteiger partial charge in [-0.25, -0.2) is 0 Å². The number of nitrogens with two attached hydrogens (primary N) is 1. The molecule has 0 spiro atoms. The fraction of sp³-hybridized carbons (Fsp3) is 0. The van der Waals surface area contributed by atoms with Gasteiger partial charge in [-0.15, -0.1) is 0 Å². The van der Waals surface area contributed by atoms with Gasteiger partial charge in [0.1, 0.15) is 11.6 Å². The number of phenolic OH excluding ortho intramolecular Hbond substituents is 1. The predicted molar refractivity (Wildman–Crippen MR) is 44.1 cm³/mol. The van der Waals surface area contributed by atoms with Crippen molar-refractivity contribution in [3.8, 4) is 5.75 Å². The van der Waals surface area contributed by atoms with Crippen LogP contribution in [0.5, 0.6) is 5.75 Å². The van der Waals surface area contributed by atoms with Crippen molar-refractivity contribution < 1.29 is 5.11 Å². The summed E-state index contributed by atoms with van der Waals surface area (Å²) < 4.78 is 0. The van der Waals surface area contributed by atoms with E-state index in [1.165, 1.54) is 12.1 Å². The number of hydrogen-bond donors (Lipinski definition) is 3. The minimum atomic E-state index is -0.190. The lowest BCUT2D eigenvalue weighted by atomic mass is 10.2. The Labute approximate surface area is 68.9 Å². The van der Waals surface area contributed by atoms with Crippen molar-refractivity contribution in [3.63, 3.8) is 0 Å². The summed E-state index contributed by atoms with van der Waals surface area (Å²) in [5.74, 6) is -0.327. The highest BCUT2D eigenvalue weighted by atomic mass is 35.5. The monoisotopic (exact) mass is 170 g/mol. The summed E-state index contributed by atoms with van der Waals surface area (Å²) in [5.41, 5.74) is 5.41. The van der Waals surface area contributed by atoms with E-state index < -0.39 is 0 Å². The first kappa shape index (κ1) is 7.88. The van der Waals surface area contributed by atoms with E-state index in [0.717, 1.165) is 0 Å². The van der Waals surface area contributed by atoms with Crippen LogP contribution in [-0.4, -0.2) is 10.9 Å². The largest absolute Gasteiger partial charge is 0.506 e. The van der Waals surface area contributed by atoms with Crippen LogP contribution in [0.2, 0.25) is 5.02 Å². The standard InChI is InChI=1S/C7H7ClN2O/c8-5-3-1-2-4(6(5)11)7(9)10/h1-3,11H,(H3,9,10). The average molecular weight is 171 g/mol. The maximum Gasteiger partial charge on any atom is 0.145 e. The van der Waals surface area contributed by atoms with Gasteiger partial charge >= 0.3 is 0 Å². The molecule has 0 radical (unpaired) electrons. The highest BCUT2D eigenvalue weighted by Crippen LogP contribution is 2.25. The molecule has 0 heterocycles. The molecule has 0 amide bonds. The second-order valence-corrected chi connectivity index (χ2v) is 2.46. The molecule has 0 fully saturated rings. The van der Waals surface area contributed by atoms with Crippen LogP contribution in [0.3, 0.4) is 0 Å². The second-order valence-electron chi connectivity index (χ2n) is 2.05. The van der Waals surface area contributed by atoms with Crippen LogP contribution in [0.4, 0.5) is 0 Å². The molecule has 0 aliphatic heterocycles. The van der Waals surface area contributed by atoms with E-state index in [1.807, 2.05) is 0 Å². The third-order valence-electron chi connectivity index (χ3n) is 1.28. The maximum absolute atomic E-state index is 9.22. The summed E-state index contributed by atoms with van der Waals surface area (Å²) in [6.07, 6.45) is 0. The molecule has 11 heavy (non-hydrogen) atoms. The van der Waals surface area contributed by atoms with E-state index >= 15 is 0 Å². The molecule has 0 saturated heterocycles. The molecule has 1 aromatic carbocycles. The zero-order chi connectivity index (χ0) is 8.43. The van der Waals surface area contributed by atoms with Gasteiger partial charge in [0.05, 0.1) is 10.6 Å².